The predicted octanol–water partition coefficient (Wildman–Crippen LogP) is 2.00. The Morgan fingerprint density at radius 1 is 0.330 bits per heavy atom. The lowest BCUT2D eigenvalue weighted by Crippen LogP contribution is -2.70. The SMILES string of the molecule is CC(=O)OC[C@H]1O[C@H](O[C@@H]2[C@H](OC(C)=O)[C@@H](O[C@@H]3[C@H](OC(C)=O)[C@@H](O[C@@H]4[C@@H](OCCCCCCCCn5cc(-c6ccccc6)nn5)O[C@H](COC(C)=O)[C@@H](OC(C)=O)[C@@H]4OC(C)=O)O[C@H](COC(C)=O)[C@H]3OC(C)=O)O[C@H](COC(C)=O)[C@H]2OC(C)=O)[C@@H](OC(C)=O)[C@@H](OC(C)=O)[C@@H]1OC(C)=O. The summed E-state index contributed by atoms with van der Waals surface area (Å²) in [6.07, 6.45) is -32.9. The number of aryl methyl sites for hydroxylation is 1. The van der Waals surface area contributed by atoms with Gasteiger partial charge < -0.3 is 99.5 Å². The zero-order chi connectivity index (χ0) is 75.8. The Balaban J connectivity index is 1.46. The number of hydrogen-bond donors (Lipinski definition) is 0. The lowest BCUT2D eigenvalue weighted by molar-refractivity contribution is -0.393. The maximum absolute atomic E-state index is 13.7. The van der Waals surface area contributed by atoms with E-state index < -0.39 is 227 Å². The van der Waals surface area contributed by atoms with Crippen LogP contribution in [0.15, 0.2) is 36.5 Å². The monoisotopic (exact) mass is 1470 g/mol. The van der Waals surface area contributed by atoms with E-state index in [1.165, 1.54) is 0 Å². The summed E-state index contributed by atoms with van der Waals surface area (Å²) in [6, 6.07) is 9.61. The van der Waals surface area contributed by atoms with Crippen LogP contribution in [0.1, 0.15) is 129 Å². The van der Waals surface area contributed by atoms with Gasteiger partial charge in [0.05, 0.1) is 6.20 Å². The van der Waals surface area contributed by atoms with Crippen molar-refractivity contribution in [2.75, 3.05) is 33.0 Å². The summed E-state index contributed by atoms with van der Waals surface area (Å²) in [5.41, 5.74) is 1.68. The van der Waals surface area contributed by atoms with Crippen LogP contribution in [-0.2, 0) is 168 Å². The van der Waals surface area contributed by atoms with Crippen LogP contribution < -0.4 is 0 Å². The molecule has 37 nitrogen and oxygen atoms in total. The zero-order valence-electron chi connectivity index (χ0n) is 59.2. The van der Waals surface area contributed by atoms with Gasteiger partial charge in [0.2, 0.25) is 0 Å². The highest BCUT2D eigenvalue weighted by molar-refractivity contribution is 5.71. The molecule has 4 fully saturated rings. The molecule has 0 amide bonds. The highest BCUT2D eigenvalue weighted by Crippen LogP contribution is 2.41. The fraction of sp³-hybridized carbons (Fsp3) is 0.682. The topological polar surface area (TPSA) is 446 Å². The first-order valence-electron chi connectivity index (χ1n) is 33.0. The second-order valence-electron chi connectivity index (χ2n) is 24.1. The van der Waals surface area contributed by atoms with Gasteiger partial charge in [0.15, 0.2) is 86.2 Å². The van der Waals surface area contributed by atoms with Crippen molar-refractivity contribution >= 4 is 77.6 Å². The zero-order valence-corrected chi connectivity index (χ0v) is 59.2. The molecule has 4 aliphatic heterocycles. The Bertz CT molecular complexity index is 3240. The van der Waals surface area contributed by atoms with E-state index in [1.807, 2.05) is 36.5 Å². The van der Waals surface area contributed by atoms with Crippen molar-refractivity contribution < 1.29 is 162 Å². The van der Waals surface area contributed by atoms with E-state index in [0.717, 1.165) is 127 Å². The summed E-state index contributed by atoms with van der Waals surface area (Å²) < 4.78 is 127. The van der Waals surface area contributed by atoms with Gasteiger partial charge in [-0.1, -0.05) is 61.2 Å². The third-order valence-electron chi connectivity index (χ3n) is 15.4. The maximum atomic E-state index is 13.7. The first-order valence-corrected chi connectivity index (χ1v) is 33.0. The molecule has 6 rings (SSSR count). The summed E-state index contributed by atoms with van der Waals surface area (Å²) in [6.45, 7) is 9.99. The second kappa shape index (κ2) is 40.3. The van der Waals surface area contributed by atoms with Gasteiger partial charge in [-0.25, -0.2) is 0 Å². The summed E-state index contributed by atoms with van der Waals surface area (Å²) >= 11 is 0. The van der Waals surface area contributed by atoms with E-state index in [1.54, 1.807) is 4.68 Å². The third-order valence-corrected chi connectivity index (χ3v) is 15.4. The van der Waals surface area contributed by atoms with E-state index in [4.69, 9.17) is 99.5 Å². The Kier molecular flexibility index (Phi) is 32.5. The van der Waals surface area contributed by atoms with E-state index in [2.05, 4.69) is 10.3 Å². The molecule has 37 heteroatoms. The number of rotatable bonds is 34. The predicted molar refractivity (Wildman–Crippen MR) is 335 cm³/mol. The molecule has 0 bridgehead atoms. The Morgan fingerprint density at radius 2 is 0.621 bits per heavy atom. The fourth-order valence-corrected chi connectivity index (χ4v) is 11.6. The normalized spacial score (nSPS) is 28.8. The van der Waals surface area contributed by atoms with Crippen molar-refractivity contribution in [1.82, 2.24) is 15.0 Å². The van der Waals surface area contributed by atoms with Gasteiger partial charge in [-0.15, -0.1) is 5.10 Å². The van der Waals surface area contributed by atoms with Crippen LogP contribution in [0.3, 0.4) is 0 Å². The summed E-state index contributed by atoms with van der Waals surface area (Å²) in [7, 11) is 0. The Hall–Kier alpha value is -8.85. The van der Waals surface area contributed by atoms with Crippen LogP contribution in [-0.4, -0.2) is 248 Å². The fourth-order valence-electron chi connectivity index (χ4n) is 11.6. The van der Waals surface area contributed by atoms with Gasteiger partial charge in [0.25, 0.3) is 0 Å². The number of benzene rings is 1. The van der Waals surface area contributed by atoms with Crippen molar-refractivity contribution in [3.63, 3.8) is 0 Å². The van der Waals surface area contributed by atoms with Crippen molar-refractivity contribution in [2.24, 2.45) is 0 Å². The minimum atomic E-state index is -2.30. The maximum Gasteiger partial charge on any atom is 0.303 e. The lowest BCUT2D eigenvalue weighted by Gasteiger charge is -2.51. The van der Waals surface area contributed by atoms with Crippen LogP contribution in [0.4, 0.5) is 0 Å². The first-order chi connectivity index (χ1) is 48.8. The number of carbonyl (C=O) groups excluding carboxylic acids is 13. The molecule has 4 aliphatic rings. The molecule has 0 radical (unpaired) electrons. The molecule has 0 saturated carbocycles. The molecule has 0 unspecified atom stereocenters. The number of ether oxygens (including phenoxy) is 21. The molecule has 2 aromatic rings. The molecule has 572 valence electrons. The second-order valence-corrected chi connectivity index (χ2v) is 24.1. The molecule has 20 atom stereocenters. The van der Waals surface area contributed by atoms with Crippen molar-refractivity contribution in [3.05, 3.63) is 36.5 Å². The van der Waals surface area contributed by atoms with Crippen LogP contribution in [0.25, 0.3) is 11.3 Å². The van der Waals surface area contributed by atoms with Gasteiger partial charge in [-0.05, 0) is 12.8 Å². The van der Waals surface area contributed by atoms with Crippen molar-refractivity contribution in [1.29, 1.82) is 0 Å². The largest absolute Gasteiger partial charge is 0.463 e. The smallest absolute Gasteiger partial charge is 0.303 e. The molecular weight excluding hydrogens is 1380 g/mol. The quantitative estimate of drug-likeness (QED) is 0.0549. The Morgan fingerprint density at radius 3 is 0.981 bits per heavy atom. The molecular formula is C66H89N3O34. The van der Waals surface area contributed by atoms with Crippen LogP contribution in [0.5, 0.6) is 0 Å². The number of nitrogens with zero attached hydrogens (tertiary/aromatic N) is 3. The number of carbonyl (C=O) groups is 13. The summed E-state index contributed by atoms with van der Waals surface area (Å²) in [5.74, 6) is -13.2. The summed E-state index contributed by atoms with van der Waals surface area (Å²) in [4.78, 5) is 169. The van der Waals surface area contributed by atoms with Crippen LogP contribution in [0, 0.1) is 0 Å². The standard InChI is InChI=1S/C66H89N3O34/c1-32(70)84-28-47-51(88-36(5)74)55(92-40(9)78)59(63(97-47)83-26-22-17-15-14-16-21-25-69-27-46(67-68-69)45-23-19-18-20-24-45)103-66-62(96-44(13)82)58(54(91-39(8)77)50(100-66)31-87-35(4)73)102-65-61(95-43(12)81)57(53(90-38(7)76)49(99-65)30-86-34(3)72)101-64-60(94-42(11)80)56(93-41(10)79)52(89-37(6)75)48(98-64)29-85-33(2)71/h18-20,23-24,27,47-66H,14-17,21-22,25-26,28-31H2,1-13H3/t47-,48-,49-,50-,51-,52-,53-,54-,55+,56+,57+,58+,59+,60+,61+,62+,63+,64-,65-,66-/m1/s1. The molecule has 4 saturated heterocycles. The van der Waals surface area contributed by atoms with Crippen LogP contribution >= 0.6 is 0 Å². The minimum Gasteiger partial charge on any atom is -0.463 e. The van der Waals surface area contributed by atoms with Gasteiger partial charge >= 0.3 is 77.6 Å². The van der Waals surface area contributed by atoms with E-state index in [-0.39, 0.29) is 6.61 Å². The molecule has 103 heavy (non-hydrogen) atoms. The lowest BCUT2D eigenvalue weighted by atomic mass is 9.94. The highest BCUT2D eigenvalue weighted by atomic mass is 16.8. The molecule has 0 spiro atoms. The van der Waals surface area contributed by atoms with Crippen molar-refractivity contribution in [3.8, 4) is 11.3 Å². The average Bonchev–Trinajstić information content (AvgIpc) is 1.59. The molecule has 5 heterocycles. The van der Waals surface area contributed by atoms with Crippen molar-refractivity contribution in [2.45, 2.75) is 258 Å². The first kappa shape index (κ1) is 83.1. The molecule has 1 aromatic heterocycles. The van der Waals surface area contributed by atoms with E-state index in [9.17, 15) is 62.3 Å². The highest BCUT2D eigenvalue weighted by Gasteiger charge is 2.62. The Labute approximate surface area is 591 Å². The number of hydrogen-bond acceptors (Lipinski definition) is 36. The van der Waals surface area contributed by atoms with Crippen LogP contribution in [0.2, 0.25) is 0 Å². The average molecular weight is 1470 g/mol. The van der Waals surface area contributed by atoms with Gasteiger partial charge in [-0.3, -0.25) is 67.0 Å². The minimum absolute atomic E-state index is 0.106. The van der Waals surface area contributed by atoms with Gasteiger partial charge in [-0.2, -0.15) is 0 Å². The number of unbranched alkanes of at least 4 members (excludes halogenated alkanes) is 5. The third kappa shape index (κ3) is 26.1. The molecule has 0 N–H and O–H groups in total. The van der Waals surface area contributed by atoms with Gasteiger partial charge in [0, 0.05) is 109 Å². The summed E-state index contributed by atoms with van der Waals surface area (Å²) in [5, 5.41) is 8.53. The van der Waals surface area contributed by atoms with E-state index in [0.29, 0.717) is 19.4 Å². The number of esters is 13. The van der Waals surface area contributed by atoms with E-state index >= 15 is 0 Å². The number of aromatic nitrogens is 3. The molecule has 0 aliphatic carbocycles. The van der Waals surface area contributed by atoms with Gasteiger partial charge in [0.1, 0.15) is 68.7 Å². The molecule has 1 aromatic carbocycles.